The zero-order valence-corrected chi connectivity index (χ0v) is 13.8. The van der Waals surface area contributed by atoms with Crippen molar-refractivity contribution in [3.63, 3.8) is 0 Å². The Balaban J connectivity index is 2.37. The minimum absolute atomic E-state index is 0.508. The fourth-order valence-corrected chi connectivity index (χ4v) is 3.31. The third-order valence-corrected chi connectivity index (χ3v) is 4.82. The zero-order valence-electron chi connectivity index (χ0n) is 13.0. The average Bonchev–Trinajstić information content (AvgIpc) is 2.93. The van der Waals surface area contributed by atoms with Gasteiger partial charge >= 0.3 is 0 Å². The second kappa shape index (κ2) is 10.4. The first-order valence-corrected chi connectivity index (χ1v) is 8.95. The molecule has 0 bridgehead atoms. The molecule has 1 atom stereocenters. The van der Waals surface area contributed by atoms with Gasteiger partial charge < -0.3 is 5.32 Å². The first-order valence-electron chi connectivity index (χ1n) is 8.07. The van der Waals surface area contributed by atoms with Gasteiger partial charge in [0.25, 0.3) is 0 Å². The standard InChI is InChI=1S/C17H31NS/c1-4-6-8-11-16(12-9-7-5-2)18-15(3)17-13-10-14-19-17/h10,13-16,18H,4-9,11-12H2,1-3H3/t15-/m1/s1. The summed E-state index contributed by atoms with van der Waals surface area (Å²) in [6.07, 6.45) is 10.8. The molecule has 0 saturated heterocycles. The summed E-state index contributed by atoms with van der Waals surface area (Å²) in [5.74, 6) is 0. The number of unbranched alkanes of at least 4 members (excludes halogenated alkanes) is 4. The molecule has 0 aromatic carbocycles. The van der Waals surface area contributed by atoms with Gasteiger partial charge in [0.15, 0.2) is 0 Å². The Morgan fingerprint density at radius 2 is 1.68 bits per heavy atom. The minimum atomic E-state index is 0.508. The number of nitrogens with one attached hydrogen (secondary N) is 1. The molecule has 0 amide bonds. The Hall–Kier alpha value is -0.340. The molecular formula is C17H31NS. The van der Waals surface area contributed by atoms with Crippen LogP contribution in [-0.2, 0) is 0 Å². The Kier molecular flexibility index (Phi) is 9.19. The largest absolute Gasteiger partial charge is 0.307 e. The lowest BCUT2D eigenvalue weighted by Crippen LogP contribution is -2.31. The molecule has 1 rings (SSSR count). The molecule has 1 aromatic rings. The van der Waals surface area contributed by atoms with Crippen LogP contribution in [0.25, 0.3) is 0 Å². The van der Waals surface area contributed by atoms with Crippen LogP contribution in [0.5, 0.6) is 0 Å². The highest BCUT2D eigenvalue weighted by molar-refractivity contribution is 7.10. The molecule has 19 heavy (non-hydrogen) atoms. The number of hydrogen-bond donors (Lipinski definition) is 1. The number of hydrogen-bond acceptors (Lipinski definition) is 2. The molecule has 1 aromatic heterocycles. The van der Waals surface area contributed by atoms with Crippen LogP contribution in [0, 0.1) is 0 Å². The third kappa shape index (κ3) is 7.12. The topological polar surface area (TPSA) is 12.0 Å². The fraction of sp³-hybridized carbons (Fsp3) is 0.765. The van der Waals surface area contributed by atoms with E-state index in [0.717, 1.165) is 0 Å². The van der Waals surface area contributed by atoms with Crippen LogP contribution >= 0.6 is 11.3 Å². The van der Waals surface area contributed by atoms with Gasteiger partial charge in [-0.15, -0.1) is 11.3 Å². The second-order valence-corrected chi connectivity index (χ2v) is 6.57. The summed E-state index contributed by atoms with van der Waals surface area (Å²) in [6.45, 7) is 6.88. The highest BCUT2D eigenvalue weighted by Crippen LogP contribution is 2.21. The van der Waals surface area contributed by atoms with E-state index in [2.05, 4.69) is 43.6 Å². The maximum atomic E-state index is 3.85. The predicted octanol–water partition coefficient (Wildman–Crippen LogP) is 5.93. The van der Waals surface area contributed by atoms with Gasteiger partial charge in [-0.25, -0.2) is 0 Å². The van der Waals surface area contributed by atoms with Gasteiger partial charge in [0.1, 0.15) is 0 Å². The van der Waals surface area contributed by atoms with Gasteiger partial charge in [-0.1, -0.05) is 58.4 Å². The van der Waals surface area contributed by atoms with Crippen molar-refractivity contribution >= 4 is 11.3 Å². The van der Waals surface area contributed by atoms with Crippen LogP contribution in [0.15, 0.2) is 17.5 Å². The molecule has 0 aliphatic carbocycles. The zero-order chi connectivity index (χ0) is 13.9. The highest BCUT2D eigenvalue weighted by atomic mass is 32.1. The monoisotopic (exact) mass is 281 g/mol. The molecule has 110 valence electrons. The normalized spacial score (nSPS) is 13.1. The summed E-state index contributed by atoms with van der Waals surface area (Å²) in [5.41, 5.74) is 0. The van der Waals surface area contributed by atoms with Gasteiger partial charge in [0, 0.05) is 17.0 Å². The summed E-state index contributed by atoms with van der Waals surface area (Å²) in [6, 6.07) is 5.61. The van der Waals surface area contributed by atoms with Gasteiger partial charge in [-0.3, -0.25) is 0 Å². The molecular weight excluding hydrogens is 250 g/mol. The van der Waals surface area contributed by atoms with E-state index < -0.39 is 0 Å². The van der Waals surface area contributed by atoms with E-state index in [0.29, 0.717) is 12.1 Å². The van der Waals surface area contributed by atoms with Crippen LogP contribution in [0.4, 0.5) is 0 Å². The van der Waals surface area contributed by atoms with E-state index in [-0.39, 0.29) is 0 Å². The molecule has 1 nitrogen and oxygen atoms in total. The van der Waals surface area contributed by atoms with Crippen LogP contribution in [-0.4, -0.2) is 6.04 Å². The van der Waals surface area contributed by atoms with E-state index in [1.807, 2.05) is 11.3 Å². The predicted molar refractivity (Wildman–Crippen MR) is 87.9 cm³/mol. The lowest BCUT2D eigenvalue weighted by Gasteiger charge is -2.23. The number of thiophene rings is 1. The number of rotatable bonds is 11. The molecule has 1 heterocycles. The summed E-state index contributed by atoms with van der Waals surface area (Å²) in [7, 11) is 0. The Labute approximate surface area is 123 Å². The fourth-order valence-electron chi connectivity index (χ4n) is 2.57. The molecule has 0 radical (unpaired) electrons. The van der Waals surface area contributed by atoms with Crippen molar-refractivity contribution in [2.24, 2.45) is 0 Å². The van der Waals surface area contributed by atoms with Gasteiger partial charge in [-0.05, 0) is 31.2 Å². The Morgan fingerprint density at radius 1 is 1.05 bits per heavy atom. The van der Waals surface area contributed by atoms with Crippen molar-refractivity contribution in [1.82, 2.24) is 5.32 Å². The van der Waals surface area contributed by atoms with Crippen LogP contribution in [0.3, 0.4) is 0 Å². The molecule has 0 unspecified atom stereocenters. The molecule has 2 heteroatoms. The highest BCUT2D eigenvalue weighted by Gasteiger charge is 2.13. The van der Waals surface area contributed by atoms with Crippen molar-refractivity contribution in [2.75, 3.05) is 0 Å². The SMILES string of the molecule is CCCCCC(CCCCC)N[C@H](C)c1cccs1. The van der Waals surface area contributed by atoms with Crippen LogP contribution < -0.4 is 5.32 Å². The lowest BCUT2D eigenvalue weighted by atomic mass is 10.0. The summed E-state index contributed by atoms with van der Waals surface area (Å²) in [5, 5.41) is 6.02. The second-order valence-electron chi connectivity index (χ2n) is 5.59. The quantitative estimate of drug-likeness (QED) is 0.496. The smallest absolute Gasteiger partial charge is 0.0388 e. The van der Waals surface area contributed by atoms with Crippen molar-refractivity contribution in [2.45, 2.75) is 84.2 Å². The van der Waals surface area contributed by atoms with Gasteiger partial charge in [-0.2, -0.15) is 0 Å². The van der Waals surface area contributed by atoms with Crippen molar-refractivity contribution in [3.05, 3.63) is 22.4 Å². The molecule has 0 aliphatic rings. The average molecular weight is 282 g/mol. The Bertz CT molecular complexity index is 284. The van der Waals surface area contributed by atoms with E-state index in [1.54, 1.807) is 0 Å². The van der Waals surface area contributed by atoms with Gasteiger partial charge in [0.2, 0.25) is 0 Å². The van der Waals surface area contributed by atoms with E-state index in [4.69, 9.17) is 0 Å². The summed E-state index contributed by atoms with van der Waals surface area (Å²) in [4.78, 5) is 1.47. The van der Waals surface area contributed by atoms with E-state index >= 15 is 0 Å². The molecule has 0 spiro atoms. The van der Waals surface area contributed by atoms with Crippen molar-refractivity contribution in [1.29, 1.82) is 0 Å². The Morgan fingerprint density at radius 3 is 2.16 bits per heavy atom. The maximum Gasteiger partial charge on any atom is 0.0388 e. The summed E-state index contributed by atoms with van der Waals surface area (Å²) < 4.78 is 0. The van der Waals surface area contributed by atoms with E-state index in [1.165, 1.54) is 56.2 Å². The maximum absolute atomic E-state index is 3.85. The lowest BCUT2D eigenvalue weighted by molar-refractivity contribution is 0.386. The molecule has 0 fully saturated rings. The minimum Gasteiger partial charge on any atom is -0.307 e. The first kappa shape index (κ1) is 16.7. The van der Waals surface area contributed by atoms with Gasteiger partial charge in [0.05, 0.1) is 0 Å². The first-order chi connectivity index (χ1) is 9.27. The molecule has 0 saturated carbocycles. The molecule has 0 aliphatic heterocycles. The van der Waals surface area contributed by atoms with Crippen LogP contribution in [0.2, 0.25) is 0 Å². The summed E-state index contributed by atoms with van der Waals surface area (Å²) >= 11 is 1.87. The van der Waals surface area contributed by atoms with Crippen molar-refractivity contribution < 1.29 is 0 Å². The van der Waals surface area contributed by atoms with Crippen LogP contribution in [0.1, 0.15) is 83.1 Å². The van der Waals surface area contributed by atoms with Crippen molar-refractivity contribution in [3.8, 4) is 0 Å². The third-order valence-electron chi connectivity index (χ3n) is 3.77. The molecule has 1 N–H and O–H groups in total. The van der Waals surface area contributed by atoms with E-state index in [9.17, 15) is 0 Å².